The van der Waals surface area contributed by atoms with Gasteiger partial charge in [0.05, 0.1) is 25.3 Å². The van der Waals surface area contributed by atoms with Gasteiger partial charge in [-0.15, -0.1) is 0 Å². The number of para-hydroxylation sites is 2. The topological polar surface area (TPSA) is 82.2 Å². The minimum atomic E-state index is -0.408. The van der Waals surface area contributed by atoms with Crippen molar-refractivity contribution >= 4 is 29.1 Å². The van der Waals surface area contributed by atoms with Crippen LogP contribution in [-0.4, -0.2) is 73.9 Å². The summed E-state index contributed by atoms with van der Waals surface area (Å²) >= 11 is 0. The minimum absolute atomic E-state index is 0.0374. The molecule has 174 valence electrons. The minimum Gasteiger partial charge on any atom is -0.495 e. The normalized spacial score (nSPS) is 19.0. The third-order valence-electron chi connectivity index (χ3n) is 6.01. The van der Waals surface area contributed by atoms with Gasteiger partial charge >= 0.3 is 0 Å². The van der Waals surface area contributed by atoms with Crippen molar-refractivity contribution in [2.24, 2.45) is 5.92 Å². The van der Waals surface area contributed by atoms with Crippen molar-refractivity contribution in [3.05, 3.63) is 54.3 Å². The Bertz CT molecular complexity index is 1040. The van der Waals surface area contributed by atoms with Crippen LogP contribution in [-0.2, 0) is 14.4 Å². The van der Waals surface area contributed by atoms with Gasteiger partial charge in [-0.25, -0.2) is 4.39 Å². The van der Waals surface area contributed by atoms with Gasteiger partial charge in [0.25, 0.3) is 0 Å². The van der Waals surface area contributed by atoms with Gasteiger partial charge in [0.1, 0.15) is 11.6 Å². The van der Waals surface area contributed by atoms with E-state index in [2.05, 4.69) is 5.32 Å². The number of hydrogen-bond acceptors (Lipinski definition) is 5. The number of carbonyl (C=O) groups is 3. The summed E-state index contributed by atoms with van der Waals surface area (Å²) in [5.41, 5.74) is 1.09. The van der Waals surface area contributed by atoms with E-state index in [1.165, 1.54) is 18.2 Å². The van der Waals surface area contributed by atoms with E-state index >= 15 is 0 Å². The van der Waals surface area contributed by atoms with E-state index < -0.39 is 11.7 Å². The van der Waals surface area contributed by atoms with Crippen molar-refractivity contribution in [2.45, 2.75) is 6.42 Å². The third-order valence-corrected chi connectivity index (χ3v) is 6.01. The third kappa shape index (κ3) is 5.31. The molecule has 2 aromatic rings. The van der Waals surface area contributed by atoms with E-state index in [9.17, 15) is 18.8 Å². The summed E-state index contributed by atoms with van der Waals surface area (Å²) < 4.78 is 18.6. The molecular weight excluding hydrogens is 427 g/mol. The molecule has 0 unspecified atom stereocenters. The Morgan fingerprint density at radius 3 is 2.58 bits per heavy atom. The number of carbonyl (C=O) groups excluding carboxylic acids is 3. The molecule has 8 nitrogen and oxygen atoms in total. The lowest BCUT2D eigenvalue weighted by Crippen LogP contribution is -2.52. The van der Waals surface area contributed by atoms with Crippen LogP contribution in [0.5, 0.6) is 5.75 Å². The SMILES string of the molecule is COc1ccccc1N1C[C@H](C(=O)N2CCN(CC(=O)Nc3cccc(F)c3)CC2)CC1=O. The quantitative estimate of drug-likeness (QED) is 0.722. The number of ether oxygens (including phenoxy) is 1. The molecule has 2 fully saturated rings. The Hall–Kier alpha value is -3.46. The summed E-state index contributed by atoms with van der Waals surface area (Å²) in [5, 5.41) is 2.69. The number of nitrogens with zero attached hydrogens (tertiary/aromatic N) is 3. The zero-order valence-electron chi connectivity index (χ0n) is 18.5. The highest BCUT2D eigenvalue weighted by molar-refractivity contribution is 6.01. The number of hydrogen-bond donors (Lipinski definition) is 1. The Morgan fingerprint density at radius 1 is 1.09 bits per heavy atom. The average molecular weight is 455 g/mol. The highest BCUT2D eigenvalue weighted by Crippen LogP contribution is 2.33. The van der Waals surface area contributed by atoms with E-state index in [1.54, 1.807) is 29.0 Å². The summed E-state index contributed by atoms with van der Waals surface area (Å²) in [4.78, 5) is 43.3. The number of amides is 3. The maximum atomic E-state index is 13.3. The van der Waals surface area contributed by atoms with E-state index in [1.807, 2.05) is 23.1 Å². The van der Waals surface area contributed by atoms with Gasteiger partial charge in [-0.05, 0) is 30.3 Å². The fraction of sp³-hybridized carbons (Fsp3) is 0.375. The van der Waals surface area contributed by atoms with Gasteiger partial charge in [-0.1, -0.05) is 18.2 Å². The Labute approximate surface area is 191 Å². The molecule has 4 rings (SSSR count). The molecule has 1 N–H and O–H groups in total. The predicted molar refractivity (Wildman–Crippen MR) is 122 cm³/mol. The van der Waals surface area contributed by atoms with E-state index in [-0.39, 0.29) is 30.7 Å². The van der Waals surface area contributed by atoms with Gasteiger partial charge in [-0.2, -0.15) is 0 Å². The lowest BCUT2D eigenvalue weighted by atomic mass is 10.1. The van der Waals surface area contributed by atoms with Gasteiger partial charge in [0.15, 0.2) is 0 Å². The van der Waals surface area contributed by atoms with Crippen LogP contribution in [0.15, 0.2) is 48.5 Å². The Morgan fingerprint density at radius 2 is 1.85 bits per heavy atom. The number of anilines is 2. The summed E-state index contributed by atoms with van der Waals surface area (Å²) in [7, 11) is 1.56. The lowest BCUT2D eigenvalue weighted by molar-refractivity contribution is -0.137. The van der Waals surface area contributed by atoms with E-state index in [0.717, 1.165) is 0 Å². The first-order valence-corrected chi connectivity index (χ1v) is 10.9. The van der Waals surface area contributed by atoms with E-state index in [0.29, 0.717) is 49.8 Å². The fourth-order valence-electron chi connectivity index (χ4n) is 4.31. The number of nitrogens with one attached hydrogen (secondary N) is 1. The molecule has 2 saturated heterocycles. The number of piperazine rings is 1. The molecule has 0 bridgehead atoms. The van der Waals surface area contributed by atoms with Crippen molar-refractivity contribution in [1.29, 1.82) is 0 Å². The summed E-state index contributed by atoms with van der Waals surface area (Å²) in [6.45, 7) is 2.59. The Kier molecular flexibility index (Phi) is 6.88. The maximum absolute atomic E-state index is 13.3. The Balaban J connectivity index is 1.28. The molecule has 0 saturated carbocycles. The zero-order chi connectivity index (χ0) is 23.4. The van der Waals surface area contributed by atoms with Crippen molar-refractivity contribution in [3.63, 3.8) is 0 Å². The lowest BCUT2D eigenvalue weighted by Gasteiger charge is -2.35. The molecule has 2 aromatic carbocycles. The van der Waals surface area contributed by atoms with Crippen LogP contribution >= 0.6 is 0 Å². The van der Waals surface area contributed by atoms with Crippen molar-refractivity contribution in [2.75, 3.05) is 56.6 Å². The van der Waals surface area contributed by atoms with Gasteiger partial charge in [-0.3, -0.25) is 19.3 Å². The molecule has 9 heteroatoms. The first kappa shape index (κ1) is 22.7. The van der Waals surface area contributed by atoms with Crippen LogP contribution in [0.1, 0.15) is 6.42 Å². The first-order valence-electron chi connectivity index (χ1n) is 10.9. The second-order valence-electron chi connectivity index (χ2n) is 8.24. The highest BCUT2D eigenvalue weighted by atomic mass is 19.1. The van der Waals surface area contributed by atoms with Crippen LogP contribution < -0.4 is 15.0 Å². The second kappa shape index (κ2) is 9.99. The van der Waals surface area contributed by atoms with E-state index in [4.69, 9.17) is 4.74 Å². The zero-order valence-corrected chi connectivity index (χ0v) is 18.5. The largest absolute Gasteiger partial charge is 0.495 e. The maximum Gasteiger partial charge on any atom is 0.238 e. The number of methoxy groups -OCH3 is 1. The second-order valence-corrected chi connectivity index (χ2v) is 8.24. The van der Waals surface area contributed by atoms with Crippen LogP contribution in [0.3, 0.4) is 0 Å². The van der Waals surface area contributed by atoms with Crippen molar-refractivity contribution in [3.8, 4) is 5.75 Å². The monoisotopic (exact) mass is 454 g/mol. The molecular formula is C24H27FN4O4. The predicted octanol–water partition coefficient (Wildman–Crippen LogP) is 1.97. The highest BCUT2D eigenvalue weighted by Gasteiger charge is 2.38. The fourth-order valence-corrected chi connectivity index (χ4v) is 4.31. The molecule has 2 heterocycles. The molecule has 1 atom stereocenters. The van der Waals surface area contributed by atoms with Gasteiger partial charge in [0, 0.05) is 44.8 Å². The first-order chi connectivity index (χ1) is 15.9. The molecule has 2 aliphatic heterocycles. The molecule has 2 aliphatic rings. The molecule has 0 aliphatic carbocycles. The standard InChI is InChI=1S/C24H27FN4O4/c1-33-21-8-3-2-7-20(21)29-15-17(13-23(29)31)24(32)28-11-9-27(10-12-28)16-22(30)26-19-6-4-5-18(25)14-19/h2-8,14,17H,9-13,15-16H2,1H3,(H,26,30)/t17-/m1/s1. The van der Waals surface area contributed by atoms with Gasteiger partial charge in [0.2, 0.25) is 17.7 Å². The summed E-state index contributed by atoms with van der Waals surface area (Å²) in [6.07, 6.45) is 0.174. The molecule has 33 heavy (non-hydrogen) atoms. The molecule has 0 aromatic heterocycles. The summed E-state index contributed by atoms with van der Waals surface area (Å²) in [6, 6.07) is 13.0. The average Bonchev–Trinajstić information content (AvgIpc) is 3.20. The van der Waals surface area contributed by atoms with Crippen LogP contribution in [0, 0.1) is 11.7 Å². The van der Waals surface area contributed by atoms with Crippen LogP contribution in [0.25, 0.3) is 0 Å². The van der Waals surface area contributed by atoms with Gasteiger partial charge < -0.3 is 19.9 Å². The molecule has 3 amide bonds. The number of benzene rings is 2. The van der Waals surface area contributed by atoms with Crippen LogP contribution in [0.4, 0.5) is 15.8 Å². The molecule has 0 radical (unpaired) electrons. The smallest absolute Gasteiger partial charge is 0.238 e. The molecule has 0 spiro atoms. The van der Waals surface area contributed by atoms with Crippen molar-refractivity contribution in [1.82, 2.24) is 9.80 Å². The summed E-state index contributed by atoms with van der Waals surface area (Å²) in [5.74, 6) is -0.562. The van der Waals surface area contributed by atoms with Crippen LogP contribution in [0.2, 0.25) is 0 Å². The van der Waals surface area contributed by atoms with Crippen molar-refractivity contribution < 1.29 is 23.5 Å². The number of halogens is 1. The number of rotatable bonds is 6.